The van der Waals surface area contributed by atoms with Crippen LogP contribution in [0, 0.1) is 0 Å². The fraction of sp³-hybridized carbons (Fsp3) is 0.583. The molecule has 2 nitrogen and oxygen atoms in total. The van der Waals surface area contributed by atoms with Crippen molar-refractivity contribution in [3.8, 4) is 0 Å². The maximum atomic E-state index is 12.9. The van der Waals surface area contributed by atoms with Crippen molar-refractivity contribution in [2.24, 2.45) is 5.73 Å². The van der Waals surface area contributed by atoms with Crippen molar-refractivity contribution < 1.29 is 13.2 Å². The number of aromatic nitrogens is 1. The normalized spacial score (nSPS) is 24.5. The van der Waals surface area contributed by atoms with Gasteiger partial charge in [-0.15, -0.1) is 0 Å². The highest BCUT2D eigenvalue weighted by Crippen LogP contribution is 2.64. The smallest absolute Gasteiger partial charge is 0.324 e. The van der Waals surface area contributed by atoms with Crippen LogP contribution in [0.5, 0.6) is 0 Å². The van der Waals surface area contributed by atoms with Crippen molar-refractivity contribution in [2.45, 2.75) is 42.8 Å². The van der Waals surface area contributed by atoms with Crippen molar-refractivity contribution in [1.82, 2.24) is 4.98 Å². The van der Waals surface area contributed by atoms with Gasteiger partial charge in [0.25, 0.3) is 0 Å². The number of pyridine rings is 1. The number of hydrogen-bond acceptors (Lipinski definition) is 2. The maximum absolute atomic E-state index is 12.9. The molecule has 5 heteroatoms. The minimum atomic E-state index is -4.32. The van der Waals surface area contributed by atoms with Gasteiger partial charge in [-0.25, -0.2) is 0 Å². The summed E-state index contributed by atoms with van der Waals surface area (Å²) in [5, 5.41) is 0. The Morgan fingerprint density at radius 1 is 1.18 bits per heavy atom. The number of rotatable bonds is 2. The van der Waals surface area contributed by atoms with Gasteiger partial charge in [-0.05, 0) is 37.3 Å². The third kappa shape index (κ3) is 1.48. The fourth-order valence-corrected chi connectivity index (χ4v) is 2.80. The van der Waals surface area contributed by atoms with E-state index >= 15 is 0 Å². The van der Waals surface area contributed by atoms with Crippen molar-refractivity contribution in [3.63, 3.8) is 0 Å². The molecule has 92 valence electrons. The minimum absolute atomic E-state index is 0.299. The van der Waals surface area contributed by atoms with Crippen molar-refractivity contribution in [2.75, 3.05) is 0 Å². The van der Waals surface area contributed by atoms with E-state index in [9.17, 15) is 13.2 Å². The second kappa shape index (κ2) is 3.02. The first-order chi connectivity index (χ1) is 7.89. The minimum Gasteiger partial charge on any atom is -0.324 e. The van der Waals surface area contributed by atoms with Crippen LogP contribution in [0.2, 0.25) is 0 Å². The lowest BCUT2D eigenvalue weighted by Gasteiger charge is -2.26. The number of nitrogens with zero attached hydrogens (tertiary/aromatic N) is 1. The summed E-state index contributed by atoms with van der Waals surface area (Å²) in [6.45, 7) is 0. The molecule has 3 rings (SSSR count). The van der Waals surface area contributed by atoms with Gasteiger partial charge in [0, 0.05) is 23.3 Å². The lowest BCUT2D eigenvalue weighted by Crippen LogP contribution is -2.38. The van der Waals surface area contributed by atoms with Crippen LogP contribution in [-0.2, 0) is 11.6 Å². The molecule has 2 aliphatic carbocycles. The van der Waals surface area contributed by atoms with E-state index in [1.807, 2.05) is 0 Å². The molecule has 2 N–H and O–H groups in total. The van der Waals surface area contributed by atoms with Crippen molar-refractivity contribution >= 4 is 0 Å². The van der Waals surface area contributed by atoms with Crippen LogP contribution < -0.4 is 5.73 Å². The molecule has 1 heterocycles. The standard InChI is InChI=1S/C12H13F3N2/c13-12(14,15)8-1-6-17-7-9(8)10(2-3-10)11(16)4-5-11/h1,6-7H,2-5,16H2. The van der Waals surface area contributed by atoms with E-state index in [-0.39, 0.29) is 0 Å². The lowest BCUT2D eigenvalue weighted by molar-refractivity contribution is -0.138. The summed E-state index contributed by atoms with van der Waals surface area (Å²) >= 11 is 0. The van der Waals surface area contributed by atoms with Gasteiger partial charge in [-0.1, -0.05) is 0 Å². The van der Waals surface area contributed by atoms with Gasteiger partial charge in [0.05, 0.1) is 5.56 Å². The van der Waals surface area contributed by atoms with Gasteiger partial charge in [0.15, 0.2) is 0 Å². The summed E-state index contributed by atoms with van der Waals surface area (Å²) in [5.74, 6) is 0. The third-order valence-corrected chi connectivity index (χ3v) is 4.13. The highest BCUT2D eigenvalue weighted by molar-refractivity contribution is 5.44. The van der Waals surface area contributed by atoms with Crippen molar-refractivity contribution in [3.05, 3.63) is 29.6 Å². The second-order valence-corrected chi connectivity index (χ2v) is 5.16. The molecular formula is C12H13F3N2. The largest absolute Gasteiger partial charge is 0.416 e. The van der Waals surface area contributed by atoms with E-state index < -0.39 is 22.7 Å². The molecule has 0 unspecified atom stereocenters. The topological polar surface area (TPSA) is 38.9 Å². The predicted molar refractivity (Wildman–Crippen MR) is 56.3 cm³/mol. The average molecular weight is 242 g/mol. The summed E-state index contributed by atoms with van der Waals surface area (Å²) in [6.07, 6.45) is 1.36. The quantitative estimate of drug-likeness (QED) is 0.865. The van der Waals surface area contributed by atoms with Gasteiger partial charge in [0.2, 0.25) is 0 Å². The summed E-state index contributed by atoms with van der Waals surface area (Å²) in [7, 11) is 0. The Morgan fingerprint density at radius 2 is 1.82 bits per heavy atom. The summed E-state index contributed by atoms with van der Waals surface area (Å²) < 4.78 is 38.8. The van der Waals surface area contributed by atoms with Gasteiger partial charge in [-0.3, -0.25) is 4.98 Å². The van der Waals surface area contributed by atoms with Crippen LogP contribution in [0.1, 0.15) is 36.8 Å². The fourth-order valence-electron chi connectivity index (χ4n) is 2.80. The van der Waals surface area contributed by atoms with E-state index in [2.05, 4.69) is 4.98 Å². The molecule has 0 saturated heterocycles. The van der Waals surface area contributed by atoms with Gasteiger partial charge in [0.1, 0.15) is 0 Å². The highest BCUT2D eigenvalue weighted by Gasteiger charge is 2.65. The van der Waals surface area contributed by atoms with Gasteiger partial charge < -0.3 is 5.73 Å². The lowest BCUT2D eigenvalue weighted by atomic mass is 9.84. The Kier molecular flexibility index (Phi) is 1.95. The number of hydrogen-bond donors (Lipinski definition) is 1. The van der Waals surface area contributed by atoms with Crippen LogP contribution in [0.25, 0.3) is 0 Å². The molecule has 2 fully saturated rings. The van der Waals surface area contributed by atoms with E-state index in [1.54, 1.807) is 0 Å². The van der Waals surface area contributed by atoms with Crippen LogP contribution in [-0.4, -0.2) is 10.5 Å². The first-order valence-corrected chi connectivity index (χ1v) is 5.70. The molecule has 0 spiro atoms. The van der Waals surface area contributed by atoms with E-state index in [1.165, 1.54) is 12.4 Å². The van der Waals surface area contributed by atoms with Crippen LogP contribution >= 0.6 is 0 Å². The SMILES string of the molecule is NC1(C2(c3cnccc3C(F)(F)F)CC2)CC1. The zero-order valence-corrected chi connectivity index (χ0v) is 9.22. The number of nitrogens with two attached hydrogens (primary N) is 1. The number of halogens is 3. The number of alkyl halides is 3. The molecule has 2 aliphatic rings. The first kappa shape index (κ1) is 11.0. The second-order valence-electron chi connectivity index (χ2n) is 5.16. The molecule has 0 aliphatic heterocycles. The molecule has 1 aromatic rings. The molecule has 2 saturated carbocycles. The van der Waals surface area contributed by atoms with E-state index in [0.29, 0.717) is 5.56 Å². The predicted octanol–water partition coefficient (Wildman–Crippen LogP) is 2.62. The summed E-state index contributed by atoms with van der Waals surface area (Å²) in [5.41, 5.74) is 4.98. The van der Waals surface area contributed by atoms with Gasteiger partial charge >= 0.3 is 6.18 Å². The monoisotopic (exact) mass is 242 g/mol. The average Bonchev–Trinajstić information content (AvgIpc) is 3.12. The Labute approximate surface area is 97.0 Å². The maximum Gasteiger partial charge on any atom is 0.416 e. The first-order valence-electron chi connectivity index (χ1n) is 5.70. The Hall–Kier alpha value is -1.10. The molecule has 0 atom stereocenters. The third-order valence-electron chi connectivity index (χ3n) is 4.13. The zero-order chi connectivity index (χ0) is 12.3. The Bertz CT molecular complexity index is 459. The van der Waals surface area contributed by atoms with Crippen LogP contribution in [0.3, 0.4) is 0 Å². The summed E-state index contributed by atoms with van der Waals surface area (Å²) in [6, 6.07) is 1.06. The molecule has 0 radical (unpaired) electrons. The van der Waals surface area contributed by atoms with Crippen molar-refractivity contribution in [1.29, 1.82) is 0 Å². The van der Waals surface area contributed by atoms with Gasteiger partial charge in [-0.2, -0.15) is 13.2 Å². The molecule has 17 heavy (non-hydrogen) atoms. The molecule has 0 amide bonds. The highest BCUT2D eigenvalue weighted by atomic mass is 19.4. The molecule has 1 aromatic heterocycles. The molecule has 0 aromatic carbocycles. The van der Waals surface area contributed by atoms with E-state index in [0.717, 1.165) is 31.7 Å². The molecular weight excluding hydrogens is 229 g/mol. The summed E-state index contributed by atoms with van der Waals surface area (Å²) in [4.78, 5) is 3.85. The Morgan fingerprint density at radius 3 is 2.29 bits per heavy atom. The zero-order valence-electron chi connectivity index (χ0n) is 9.22. The van der Waals surface area contributed by atoms with Crippen LogP contribution in [0.4, 0.5) is 13.2 Å². The van der Waals surface area contributed by atoms with E-state index in [4.69, 9.17) is 5.73 Å². The Balaban J connectivity index is 2.10. The van der Waals surface area contributed by atoms with Crippen LogP contribution in [0.15, 0.2) is 18.5 Å². The molecule has 0 bridgehead atoms.